The molecular weight excluding hydrogens is 248 g/mol. The molecule has 17 heavy (non-hydrogen) atoms. The van der Waals surface area contributed by atoms with Gasteiger partial charge in [0.15, 0.2) is 0 Å². The first-order valence-corrected chi connectivity index (χ1v) is 6.12. The van der Waals surface area contributed by atoms with Crippen LogP contribution in [0.25, 0.3) is 0 Å². The van der Waals surface area contributed by atoms with Crippen LogP contribution in [0.15, 0.2) is 0 Å². The van der Waals surface area contributed by atoms with Crippen molar-refractivity contribution in [1.82, 2.24) is 5.32 Å². The highest BCUT2D eigenvalue weighted by Crippen LogP contribution is 2.02. The van der Waals surface area contributed by atoms with Gasteiger partial charge in [0.05, 0.1) is 5.75 Å². The van der Waals surface area contributed by atoms with Crippen LogP contribution in [0.3, 0.4) is 0 Å². The van der Waals surface area contributed by atoms with Gasteiger partial charge < -0.3 is 21.3 Å². The number of carboxylic acids is 1. The molecule has 0 aromatic carbocycles. The third-order valence-electron chi connectivity index (χ3n) is 1.77. The number of aliphatic carboxylic acids is 1. The molecule has 5 N–H and O–H groups in total. The molecule has 0 fully saturated rings. The van der Waals surface area contributed by atoms with Gasteiger partial charge in [-0.3, -0.25) is 9.59 Å². The molecule has 0 spiro atoms. The molecule has 0 saturated carbocycles. The van der Waals surface area contributed by atoms with E-state index in [0.29, 0.717) is 5.75 Å². The maximum atomic E-state index is 11.3. The molecule has 98 valence electrons. The second kappa shape index (κ2) is 8.82. The zero-order valence-electron chi connectivity index (χ0n) is 9.22. The fourth-order valence-electron chi connectivity index (χ4n) is 0.991. The predicted molar refractivity (Wildman–Crippen MR) is 62.4 cm³/mol. The van der Waals surface area contributed by atoms with Crippen molar-refractivity contribution in [2.24, 2.45) is 5.73 Å². The van der Waals surface area contributed by atoms with Gasteiger partial charge >= 0.3 is 5.97 Å². The molecular formula is C9H16N2O5S. The highest BCUT2D eigenvalue weighted by molar-refractivity contribution is 7.99. The molecule has 0 aliphatic rings. The molecule has 0 aromatic rings. The molecule has 2 amide bonds. The van der Waals surface area contributed by atoms with Crippen LogP contribution >= 0.6 is 11.8 Å². The lowest BCUT2D eigenvalue weighted by Gasteiger charge is -2.12. The molecule has 0 aliphatic heterocycles. The largest absolute Gasteiger partial charge is 0.480 e. The van der Waals surface area contributed by atoms with Crippen molar-refractivity contribution in [3.8, 4) is 0 Å². The summed E-state index contributed by atoms with van der Waals surface area (Å²) in [5.74, 6) is -1.55. The topological polar surface area (TPSA) is 130 Å². The Hall–Kier alpha value is -1.28. The maximum absolute atomic E-state index is 11.3. The number of carboxylic acid groups (broad SMARTS) is 1. The van der Waals surface area contributed by atoms with E-state index in [-0.39, 0.29) is 25.2 Å². The summed E-state index contributed by atoms with van der Waals surface area (Å²) in [6.45, 7) is -0.312. The molecule has 0 saturated heterocycles. The summed E-state index contributed by atoms with van der Waals surface area (Å²) >= 11 is 1.21. The van der Waals surface area contributed by atoms with Gasteiger partial charge in [-0.2, -0.15) is 11.8 Å². The van der Waals surface area contributed by atoms with Crippen LogP contribution < -0.4 is 11.1 Å². The van der Waals surface area contributed by atoms with Crippen LogP contribution in [-0.4, -0.2) is 52.2 Å². The van der Waals surface area contributed by atoms with Crippen molar-refractivity contribution in [2.75, 3.05) is 18.1 Å². The highest BCUT2D eigenvalue weighted by atomic mass is 32.2. The van der Waals surface area contributed by atoms with Crippen LogP contribution in [0, 0.1) is 0 Å². The molecule has 0 aliphatic carbocycles. The minimum absolute atomic E-state index is 0.0322. The molecule has 0 rings (SSSR count). The molecule has 0 bridgehead atoms. The first-order valence-electron chi connectivity index (χ1n) is 4.96. The number of aliphatic hydroxyl groups is 1. The minimum Gasteiger partial charge on any atom is -0.480 e. The van der Waals surface area contributed by atoms with E-state index in [1.54, 1.807) is 0 Å². The Morgan fingerprint density at radius 1 is 1.35 bits per heavy atom. The van der Waals surface area contributed by atoms with E-state index in [1.165, 1.54) is 11.8 Å². The monoisotopic (exact) mass is 264 g/mol. The van der Waals surface area contributed by atoms with E-state index in [9.17, 15) is 14.4 Å². The molecule has 0 heterocycles. The second-order valence-electron chi connectivity index (χ2n) is 3.24. The molecule has 0 radical (unpaired) electrons. The quantitative estimate of drug-likeness (QED) is 0.377. The predicted octanol–water partition coefficient (Wildman–Crippen LogP) is -1.45. The van der Waals surface area contributed by atoms with Gasteiger partial charge in [0, 0.05) is 25.2 Å². The standard InChI is InChI=1S/C9H16N2O5S/c10-7(13)5-17-4-2-8(14)11-6(1-3-12)9(15)16/h6,12H,1-5H2,(H2,10,13)(H,11,14)(H,15,16). The number of hydrogen-bond donors (Lipinski definition) is 4. The van der Waals surface area contributed by atoms with E-state index in [0.717, 1.165) is 0 Å². The second-order valence-corrected chi connectivity index (χ2v) is 4.34. The number of aliphatic hydroxyl groups excluding tert-OH is 1. The van der Waals surface area contributed by atoms with Gasteiger partial charge in [-0.1, -0.05) is 0 Å². The van der Waals surface area contributed by atoms with Crippen LogP contribution in [0.5, 0.6) is 0 Å². The molecule has 1 atom stereocenters. The molecule has 0 aromatic heterocycles. The summed E-state index contributed by atoms with van der Waals surface area (Å²) in [5, 5.41) is 19.6. The van der Waals surface area contributed by atoms with Crippen molar-refractivity contribution in [2.45, 2.75) is 18.9 Å². The lowest BCUT2D eigenvalue weighted by Crippen LogP contribution is -2.41. The van der Waals surface area contributed by atoms with Crippen molar-refractivity contribution in [1.29, 1.82) is 0 Å². The Bertz CT molecular complexity index is 285. The van der Waals surface area contributed by atoms with Gasteiger partial charge in [0.2, 0.25) is 11.8 Å². The van der Waals surface area contributed by atoms with Gasteiger partial charge in [-0.25, -0.2) is 4.79 Å². The number of amides is 2. The molecule has 1 unspecified atom stereocenters. The van der Waals surface area contributed by atoms with Crippen molar-refractivity contribution in [3.05, 3.63) is 0 Å². The SMILES string of the molecule is NC(=O)CSCCC(=O)NC(CCO)C(=O)O. The van der Waals surface area contributed by atoms with Crippen LogP contribution in [0.4, 0.5) is 0 Å². The van der Waals surface area contributed by atoms with Crippen LogP contribution in [-0.2, 0) is 14.4 Å². The first kappa shape index (κ1) is 15.7. The third kappa shape index (κ3) is 8.52. The van der Waals surface area contributed by atoms with E-state index in [4.69, 9.17) is 15.9 Å². The van der Waals surface area contributed by atoms with Crippen LogP contribution in [0.2, 0.25) is 0 Å². The highest BCUT2D eigenvalue weighted by Gasteiger charge is 2.18. The summed E-state index contributed by atoms with van der Waals surface area (Å²) in [6, 6.07) is -1.08. The number of carbonyl (C=O) groups excluding carboxylic acids is 2. The Kier molecular flexibility index (Phi) is 8.16. The zero-order chi connectivity index (χ0) is 13.3. The summed E-state index contributed by atoms with van der Waals surface area (Å²) in [6.07, 6.45) is 0.0721. The lowest BCUT2D eigenvalue weighted by atomic mass is 10.2. The number of nitrogens with one attached hydrogen (secondary N) is 1. The van der Waals surface area contributed by atoms with E-state index >= 15 is 0 Å². The lowest BCUT2D eigenvalue weighted by molar-refractivity contribution is -0.142. The van der Waals surface area contributed by atoms with Crippen LogP contribution in [0.1, 0.15) is 12.8 Å². The van der Waals surface area contributed by atoms with Gasteiger partial charge in [0.1, 0.15) is 6.04 Å². The normalized spacial score (nSPS) is 11.8. The van der Waals surface area contributed by atoms with Crippen molar-refractivity contribution >= 4 is 29.5 Å². The van der Waals surface area contributed by atoms with Gasteiger partial charge in [-0.15, -0.1) is 0 Å². The van der Waals surface area contributed by atoms with Gasteiger partial charge in [0.25, 0.3) is 0 Å². The average Bonchev–Trinajstić information content (AvgIpc) is 2.23. The summed E-state index contributed by atoms with van der Waals surface area (Å²) in [7, 11) is 0. The number of rotatable bonds is 9. The van der Waals surface area contributed by atoms with Gasteiger partial charge in [-0.05, 0) is 0 Å². The summed E-state index contributed by atoms with van der Waals surface area (Å²) in [4.78, 5) is 32.3. The van der Waals surface area contributed by atoms with E-state index in [1.807, 2.05) is 0 Å². The Morgan fingerprint density at radius 2 is 2.00 bits per heavy atom. The summed E-state index contributed by atoms with van der Waals surface area (Å²) < 4.78 is 0. The minimum atomic E-state index is -1.18. The zero-order valence-corrected chi connectivity index (χ0v) is 10.0. The smallest absolute Gasteiger partial charge is 0.326 e. The molecule has 8 heteroatoms. The Labute approximate surface area is 103 Å². The Morgan fingerprint density at radius 3 is 2.47 bits per heavy atom. The maximum Gasteiger partial charge on any atom is 0.326 e. The number of nitrogens with two attached hydrogens (primary N) is 1. The molecule has 7 nitrogen and oxygen atoms in total. The van der Waals surface area contributed by atoms with E-state index < -0.39 is 23.8 Å². The van der Waals surface area contributed by atoms with Crippen molar-refractivity contribution < 1.29 is 24.6 Å². The summed E-state index contributed by atoms with van der Waals surface area (Å²) in [5.41, 5.74) is 4.90. The third-order valence-corrected chi connectivity index (χ3v) is 2.75. The fourth-order valence-corrected chi connectivity index (χ4v) is 1.67. The number of primary amides is 1. The average molecular weight is 264 g/mol. The number of thioether (sulfide) groups is 1. The number of hydrogen-bond acceptors (Lipinski definition) is 5. The number of carbonyl (C=O) groups is 3. The Balaban J connectivity index is 3.82. The van der Waals surface area contributed by atoms with Crippen molar-refractivity contribution in [3.63, 3.8) is 0 Å². The fraction of sp³-hybridized carbons (Fsp3) is 0.667. The first-order chi connectivity index (χ1) is 7.97. The van der Waals surface area contributed by atoms with E-state index in [2.05, 4.69) is 5.32 Å².